The van der Waals surface area contributed by atoms with Gasteiger partial charge in [-0.2, -0.15) is 0 Å². The Hall–Kier alpha value is -1.21. The van der Waals surface area contributed by atoms with Gasteiger partial charge >= 0.3 is 5.69 Å². The van der Waals surface area contributed by atoms with E-state index in [1.165, 1.54) is 6.07 Å². The van der Waals surface area contributed by atoms with E-state index in [0.717, 1.165) is 19.4 Å². The molecule has 0 aliphatic carbocycles. The summed E-state index contributed by atoms with van der Waals surface area (Å²) in [6.45, 7) is 3.39. The Kier molecular flexibility index (Phi) is 4.05. The molecule has 1 fully saturated rings. The number of ether oxygens (including phenoxy) is 1. The molecule has 1 aromatic rings. The summed E-state index contributed by atoms with van der Waals surface area (Å²) in [4.78, 5) is 16.9. The summed E-state index contributed by atoms with van der Waals surface area (Å²) in [7, 11) is 1.67. The fourth-order valence-corrected chi connectivity index (χ4v) is 2.67. The second-order valence-electron chi connectivity index (χ2n) is 4.93. The van der Waals surface area contributed by atoms with Crippen LogP contribution in [0.5, 0.6) is 0 Å². The maximum Gasteiger partial charge on any atom is 0.312 e. The zero-order valence-electron chi connectivity index (χ0n) is 10.9. The van der Waals surface area contributed by atoms with Crippen LogP contribution >= 0.6 is 15.9 Å². The van der Waals surface area contributed by atoms with Crippen LogP contribution < -0.4 is 4.90 Å². The number of methoxy groups -OCH3 is 1. The number of nitro groups is 1. The molecule has 7 heteroatoms. The van der Waals surface area contributed by atoms with Crippen LogP contribution in [0.4, 0.5) is 11.5 Å². The van der Waals surface area contributed by atoms with E-state index in [1.54, 1.807) is 13.3 Å². The minimum atomic E-state index is -0.397. The summed E-state index contributed by atoms with van der Waals surface area (Å²) in [6.07, 6.45) is 3.46. The van der Waals surface area contributed by atoms with Crippen LogP contribution in [0.25, 0.3) is 0 Å². The van der Waals surface area contributed by atoms with Gasteiger partial charge in [-0.1, -0.05) is 0 Å². The number of pyridine rings is 1. The minimum Gasteiger partial charge on any atom is -0.377 e. The van der Waals surface area contributed by atoms with Gasteiger partial charge in [0.2, 0.25) is 5.82 Å². The number of nitrogens with zero attached hydrogens (tertiary/aromatic N) is 3. The van der Waals surface area contributed by atoms with E-state index in [2.05, 4.69) is 20.9 Å². The highest BCUT2D eigenvalue weighted by Crippen LogP contribution is 2.33. The molecule has 6 nitrogen and oxygen atoms in total. The molecule has 0 radical (unpaired) electrons. The Bertz CT molecular complexity index is 497. The molecule has 0 bridgehead atoms. The average molecular weight is 330 g/mol. The molecule has 1 aliphatic rings. The maximum atomic E-state index is 11.1. The molecule has 104 valence electrons. The monoisotopic (exact) mass is 329 g/mol. The van der Waals surface area contributed by atoms with Crippen molar-refractivity contribution in [3.8, 4) is 0 Å². The van der Waals surface area contributed by atoms with Crippen LogP contribution in [0.2, 0.25) is 0 Å². The van der Waals surface area contributed by atoms with Crippen LogP contribution in [0.3, 0.4) is 0 Å². The van der Waals surface area contributed by atoms with E-state index in [0.29, 0.717) is 16.8 Å². The van der Waals surface area contributed by atoms with Crippen LogP contribution in [0, 0.1) is 10.1 Å². The third-order valence-corrected chi connectivity index (χ3v) is 3.90. The van der Waals surface area contributed by atoms with Gasteiger partial charge in [0, 0.05) is 36.9 Å². The molecule has 1 saturated heterocycles. The van der Waals surface area contributed by atoms with Crippen molar-refractivity contribution in [1.29, 1.82) is 0 Å². The standard InChI is InChI=1S/C12H16BrN3O3/c1-12(19-2)4-3-5-15(8-12)11-10(16(17)18)6-9(13)7-14-11/h6-7H,3-5,8H2,1-2H3. The Morgan fingerprint density at radius 2 is 2.37 bits per heavy atom. The smallest absolute Gasteiger partial charge is 0.312 e. The van der Waals surface area contributed by atoms with Gasteiger partial charge in [-0.15, -0.1) is 0 Å². The van der Waals surface area contributed by atoms with Crippen molar-refractivity contribution >= 4 is 27.4 Å². The lowest BCUT2D eigenvalue weighted by atomic mass is 9.94. The molecule has 2 rings (SSSR count). The molecule has 1 aromatic heterocycles. The molecule has 0 N–H and O–H groups in total. The lowest BCUT2D eigenvalue weighted by Gasteiger charge is -2.39. The fraction of sp³-hybridized carbons (Fsp3) is 0.583. The van der Waals surface area contributed by atoms with Gasteiger partial charge in [-0.25, -0.2) is 4.98 Å². The normalized spacial score (nSPS) is 23.4. The van der Waals surface area contributed by atoms with E-state index in [1.807, 2.05) is 11.8 Å². The topological polar surface area (TPSA) is 68.5 Å². The highest BCUT2D eigenvalue weighted by molar-refractivity contribution is 9.10. The molecule has 0 aromatic carbocycles. The van der Waals surface area contributed by atoms with Crippen molar-refractivity contribution in [2.75, 3.05) is 25.1 Å². The molecular weight excluding hydrogens is 314 g/mol. The molecule has 0 amide bonds. The van der Waals surface area contributed by atoms with Gasteiger partial charge in [0.05, 0.1) is 10.5 Å². The molecule has 1 atom stereocenters. The van der Waals surface area contributed by atoms with Crippen molar-refractivity contribution < 1.29 is 9.66 Å². The first-order valence-electron chi connectivity index (χ1n) is 6.05. The first kappa shape index (κ1) is 14.2. The minimum absolute atomic E-state index is 0.0229. The second kappa shape index (κ2) is 5.42. The maximum absolute atomic E-state index is 11.1. The molecule has 19 heavy (non-hydrogen) atoms. The van der Waals surface area contributed by atoms with Gasteiger partial charge in [-0.05, 0) is 35.7 Å². The predicted octanol–water partition coefficient (Wildman–Crippen LogP) is 2.76. The summed E-state index contributed by atoms with van der Waals surface area (Å²) in [5, 5.41) is 11.1. The van der Waals surface area contributed by atoms with E-state index in [4.69, 9.17) is 4.74 Å². The summed E-state index contributed by atoms with van der Waals surface area (Å²) in [5.41, 5.74) is -0.254. The number of hydrogen-bond acceptors (Lipinski definition) is 5. The zero-order valence-corrected chi connectivity index (χ0v) is 12.5. The van der Waals surface area contributed by atoms with E-state index >= 15 is 0 Å². The Balaban J connectivity index is 2.33. The fourth-order valence-electron chi connectivity index (χ4n) is 2.35. The van der Waals surface area contributed by atoms with Gasteiger partial charge in [-0.3, -0.25) is 10.1 Å². The first-order valence-corrected chi connectivity index (χ1v) is 6.84. The summed E-state index contributed by atoms with van der Waals surface area (Å²) in [6, 6.07) is 1.49. The number of aromatic nitrogens is 1. The predicted molar refractivity (Wildman–Crippen MR) is 75.5 cm³/mol. The number of hydrogen-bond donors (Lipinski definition) is 0. The molecular formula is C12H16BrN3O3. The van der Waals surface area contributed by atoms with Crippen molar-refractivity contribution in [2.45, 2.75) is 25.4 Å². The number of anilines is 1. The van der Waals surface area contributed by atoms with Crippen molar-refractivity contribution in [3.05, 3.63) is 26.9 Å². The highest BCUT2D eigenvalue weighted by Gasteiger charge is 2.34. The summed E-state index contributed by atoms with van der Waals surface area (Å²) in [5.74, 6) is 0.413. The Labute approximate surface area is 120 Å². The highest BCUT2D eigenvalue weighted by atomic mass is 79.9. The van der Waals surface area contributed by atoms with Crippen LogP contribution in [0.15, 0.2) is 16.7 Å². The van der Waals surface area contributed by atoms with Gasteiger partial charge < -0.3 is 9.64 Å². The summed E-state index contributed by atoms with van der Waals surface area (Å²) >= 11 is 3.21. The second-order valence-corrected chi connectivity index (χ2v) is 5.85. The molecule has 0 saturated carbocycles. The van der Waals surface area contributed by atoms with Gasteiger partial charge in [0.1, 0.15) is 0 Å². The van der Waals surface area contributed by atoms with E-state index in [9.17, 15) is 10.1 Å². The number of halogens is 1. The molecule has 2 heterocycles. The lowest BCUT2D eigenvalue weighted by molar-refractivity contribution is -0.384. The van der Waals surface area contributed by atoms with E-state index < -0.39 is 4.92 Å². The molecule has 1 aliphatic heterocycles. The molecule has 0 spiro atoms. The number of rotatable bonds is 3. The van der Waals surface area contributed by atoms with Crippen LogP contribution in [-0.2, 0) is 4.74 Å². The Morgan fingerprint density at radius 1 is 1.63 bits per heavy atom. The van der Waals surface area contributed by atoms with E-state index in [-0.39, 0.29) is 11.3 Å². The van der Waals surface area contributed by atoms with Crippen LogP contribution in [0.1, 0.15) is 19.8 Å². The third-order valence-electron chi connectivity index (χ3n) is 3.46. The third kappa shape index (κ3) is 3.03. The van der Waals surface area contributed by atoms with Crippen molar-refractivity contribution in [1.82, 2.24) is 4.98 Å². The van der Waals surface area contributed by atoms with Crippen LogP contribution in [-0.4, -0.2) is 35.7 Å². The first-order chi connectivity index (χ1) is 8.95. The quantitative estimate of drug-likeness (QED) is 0.630. The van der Waals surface area contributed by atoms with Crippen molar-refractivity contribution in [3.63, 3.8) is 0 Å². The number of piperidine rings is 1. The SMILES string of the molecule is COC1(C)CCCN(c2ncc(Br)cc2[N+](=O)[O-])C1. The Morgan fingerprint density at radius 3 is 3.00 bits per heavy atom. The summed E-state index contributed by atoms with van der Waals surface area (Å²) < 4.78 is 6.11. The van der Waals surface area contributed by atoms with Crippen molar-refractivity contribution in [2.24, 2.45) is 0 Å². The van der Waals surface area contributed by atoms with Gasteiger partial charge in [0.25, 0.3) is 0 Å². The zero-order chi connectivity index (χ0) is 14.0. The average Bonchev–Trinajstić information content (AvgIpc) is 2.38. The molecule has 1 unspecified atom stereocenters. The van der Waals surface area contributed by atoms with Gasteiger partial charge in [0.15, 0.2) is 0 Å². The lowest BCUT2D eigenvalue weighted by Crippen LogP contribution is -2.47. The largest absolute Gasteiger partial charge is 0.377 e.